The van der Waals surface area contributed by atoms with E-state index in [1.807, 2.05) is 0 Å². The summed E-state index contributed by atoms with van der Waals surface area (Å²) in [5, 5.41) is 4.01. The molecular formula is C19H29N. The van der Waals surface area contributed by atoms with Crippen LogP contribution in [-0.4, -0.2) is 12.1 Å². The third-order valence-electron chi connectivity index (χ3n) is 5.96. The highest BCUT2D eigenvalue weighted by Gasteiger charge is 2.39. The second-order valence-electron chi connectivity index (χ2n) is 7.14. The van der Waals surface area contributed by atoms with Crippen LogP contribution in [0.25, 0.3) is 0 Å². The average Bonchev–Trinajstić information content (AvgIpc) is 2.73. The van der Waals surface area contributed by atoms with Crippen LogP contribution >= 0.6 is 0 Å². The summed E-state index contributed by atoms with van der Waals surface area (Å²) in [6, 6.07) is 10.5. The van der Waals surface area contributed by atoms with Crippen molar-refractivity contribution in [2.24, 2.45) is 17.8 Å². The van der Waals surface area contributed by atoms with Crippen molar-refractivity contribution in [3.05, 3.63) is 35.4 Å². The molecule has 1 aromatic rings. The third kappa shape index (κ3) is 2.65. The Morgan fingerprint density at radius 1 is 1.05 bits per heavy atom. The van der Waals surface area contributed by atoms with Gasteiger partial charge in [0.2, 0.25) is 0 Å². The zero-order valence-electron chi connectivity index (χ0n) is 13.2. The Morgan fingerprint density at radius 3 is 2.10 bits per heavy atom. The fourth-order valence-electron chi connectivity index (χ4n) is 4.24. The van der Waals surface area contributed by atoms with Gasteiger partial charge in [-0.2, -0.15) is 0 Å². The van der Waals surface area contributed by atoms with Gasteiger partial charge in [0.05, 0.1) is 0 Å². The Morgan fingerprint density at radius 2 is 1.60 bits per heavy atom. The minimum absolute atomic E-state index is 0.648. The number of nitrogens with one attached hydrogen (secondary N) is 1. The minimum atomic E-state index is 0.648. The molecule has 20 heavy (non-hydrogen) atoms. The summed E-state index contributed by atoms with van der Waals surface area (Å²) in [4.78, 5) is 0. The van der Waals surface area contributed by atoms with Crippen LogP contribution in [0.15, 0.2) is 24.3 Å². The van der Waals surface area contributed by atoms with Crippen LogP contribution in [0.4, 0.5) is 0 Å². The number of fused-ring (bicyclic) bond motifs is 3. The molecule has 4 unspecified atom stereocenters. The van der Waals surface area contributed by atoms with Gasteiger partial charge in [-0.1, -0.05) is 44.5 Å². The molecule has 1 N–H and O–H groups in total. The molecule has 0 aromatic heterocycles. The quantitative estimate of drug-likeness (QED) is 0.865. The molecule has 0 aliphatic heterocycles. The molecule has 1 nitrogen and oxygen atoms in total. The lowest BCUT2D eigenvalue weighted by atomic mass is 9.92. The second kappa shape index (κ2) is 5.89. The summed E-state index contributed by atoms with van der Waals surface area (Å²) in [5.41, 5.74) is 3.23. The standard InChI is InChI=1S/C19H29N/c1-4-13(2)14(3)20-19-17-9-10-18(19)12-16-8-6-5-7-15(16)11-17/h5-8,13-14,17-20H,4,9-12H2,1-3H3. The summed E-state index contributed by atoms with van der Waals surface area (Å²) in [6.07, 6.45) is 6.69. The summed E-state index contributed by atoms with van der Waals surface area (Å²) in [7, 11) is 0. The fourth-order valence-corrected chi connectivity index (χ4v) is 4.24. The molecule has 1 saturated carbocycles. The average molecular weight is 271 g/mol. The first-order chi connectivity index (χ1) is 9.69. The van der Waals surface area contributed by atoms with Crippen LogP contribution in [0.2, 0.25) is 0 Å². The first kappa shape index (κ1) is 14.1. The van der Waals surface area contributed by atoms with Gasteiger partial charge in [0.15, 0.2) is 0 Å². The highest BCUT2D eigenvalue weighted by Crippen LogP contribution is 2.40. The topological polar surface area (TPSA) is 12.0 Å². The summed E-state index contributed by atoms with van der Waals surface area (Å²) >= 11 is 0. The van der Waals surface area contributed by atoms with Gasteiger partial charge in [0.25, 0.3) is 0 Å². The third-order valence-corrected chi connectivity index (χ3v) is 5.96. The number of hydrogen-bond acceptors (Lipinski definition) is 1. The monoisotopic (exact) mass is 271 g/mol. The van der Waals surface area contributed by atoms with Crippen LogP contribution in [0.1, 0.15) is 51.2 Å². The highest BCUT2D eigenvalue weighted by molar-refractivity contribution is 5.30. The second-order valence-corrected chi connectivity index (χ2v) is 7.14. The van der Waals surface area contributed by atoms with E-state index in [1.54, 1.807) is 11.1 Å². The van der Waals surface area contributed by atoms with Crippen LogP contribution < -0.4 is 5.32 Å². The lowest BCUT2D eigenvalue weighted by molar-refractivity contribution is 0.272. The zero-order chi connectivity index (χ0) is 14.1. The van der Waals surface area contributed by atoms with E-state index in [-0.39, 0.29) is 0 Å². The van der Waals surface area contributed by atoms with Crippen LogP contribution in [-0.2, 0) is 12.8 Å². The molecule has 3 rings (SSSR count). The smallest absolute Gasteiger partial charge is 0.0132 e. The Labute approximate surface area is 124 Å². The maximum Gasteiger partial charge on any atom is 0.0132 e. The molecule has 1 aromatic carbocycles. The summed E-state index contributed by atoms with van der Waals surface area (Å²) < 4.78 is 0. The molecule has 4 atom stereocenters. The Bertz CT molecular complexity index is 420. The number of benzene rings is 1. The van der Waals surface area contributed by atoms with E-state index in [1.165, 1.54) is 32.1 Å². The molecule has 2 bridgehead atoms. The van der Waals surface area contributed by atoms with Crippen molar-refractivity contribution in [2.75, 3.05) is 0 Å². The van der Waals surface area contributed by atoms with E-state index in [0.717, 1.165) is 23.8 Å². The van der Waals surface area contributed by atoms with E-state index in [0.29, 0.717) is 6.04 Å². The van der Waals surface area contributed by atoms with Crippen molar-refractivity contribution in [3.63, 3.8) is 0 Å². The lowest BCUT2D eigenvalue weighted by Gasteiger charge is -2.30. The summed E-state index contributed by atoms with van der Waals surface area (Å²) in [5.74, 6) is 2.49. The van der Waals surface area contributed by atoms with Crippen molar-refractivity contribution < 1.29 is 0 Å². The molecule has 1 heteroatoms. The predicted molar refractivity (Wildman–Crippen MR) is 85.9 cm³/mol. The van der Waals surface area contributed by atoms with E-state index < -0.39 is 0 Å². The van der Waals surface area contributed by atoms with Crippen molar-refractivity contribution in [1.29, 1.82) is 0 Å². The van der Waals surface area contributed by atoms with Crippen molar-refractivity contribution in [2.45, 2.75) is 65.0 Å². The molecule has 0 heterocycles. The normalized spacial score (nSPS) is 31.4. The Hall–Kier alpha value is -0.820. The van der Waals surface area contributed by atoms with E-state index >= 15 is 0 Å². The largest absolute Gasteiger partial charge is 0.311 e. The van der Waals surface area contributed by atoms with Gasteiger partial charge < -0.3 is 5.32 Å². The predicted octanol–water partition coefficient (Wildman–Crippen LogP) is 4.20. The SMILES string of the molecule is CCC(C)C(C)NC1C2CCC1Cc1ccccc1C2. The van der Waals surface area contributed by atoms with Crippen LogP contribution in [0, 0.1) is 17.8 Å². The van der Waals surface area contributed by atoms with Gasteiger partial charge in [0.1, 0.15) is 0 Å². The minimum Gasteiger partial charge on any atom is -0.311 e. The van der Waals surface area contributed by atoms with E-state index in [4.69, 9.17) is 0 Å². The van der Waals surface area contributed by atoms with Gasteiger partial charge >= 0.3 is 0 Å². The van der Waals surface area contributed by atoms with Gasteiger partial charge in [-0.3, -0.25) is 0 Å². The first-order valence-corrected chi connectivity index (χ1v) is 8.51. The molecule has 110 valence electrons. The van der Waals surface area contributed by atoms with Crippen molar-refractivity contribution in [1.82, 2.24) is 5.32 Å². The van der Waals surface area contributed by atoms with E-state index in [2.05, 4.69) is 50.4 Å². The van der Waals surface area contributed by atoms with Crippen LogP contribution in [0.3, 0.4) is 0 Å². The Balaban J connectivity index is 1.76. The molecule has 0 radical (unpaired) electrons. The van der Waals surface area contributed by atoms with Gasteiger partial charge in [-0.25, -0.2) is 0 Å². The molecule has 0 amide bonds. The van der Waals surface area contributed by atoms with Crippen molar-refractivity contribution in [3.8, 4) is 0 Å². The van der Waals surface area contributed by atoms with Gasteiger partial charge in [0, 0.05) is 12.1 Å². The first-order valence-electron chi connectivity index (χ1n) is 8.51. The van der Waals surface area contributed by atoms with Gasteiger partial charge in [-0.05, 0) is 61.5 Å². The van der Waals surface area contributed by atoms with Crippen molar-refractivity contribution >= 4 is 0 Å². The zero-order valence-corrected chi connectivity index (χ0v) is 13.2. The molecule has 1 fully saturated rings. The maximum atomic E-state index is 4.01. The summed E-state index contributed by atoms with van der Waals surface area (Å²) in [6.45, 7) is 7.07. The number of hydrogen-bond donors (Lipinski definition) is 1. The molecule has 0 spiro atoms. The van der Waals surface area contributed by atoms with Crippen LogP contribution in [0.5, 0.6) is 0 Å². The molecule has 0 saturated heterocycles. The highest BCUT2D eigenvalue weighted by atomic mass is 15.0. The van der Waals surface area contributed by atoms with Gasteiger partial charge in [-0.15, -0.1) is 0 Å². The molecular weight excluding hydrogens is 242 g/mol. The number of rotatable bonds is 4. The molecule has 2 aliphatic carbocycles. The maximum absolute atomic E-state index is 4.01. The van der Waals surface area contributed by atoms with E-state index in [9.17, 15) is 0 Å². The molecule has 2 aliphatic rings. The fraction of sp³-hybridized carbons (Fsp3) is 0.684. The Kier molecular flexibility index (Phi) is 4.16. The lowest BCUT2D eigenvalue weighted by Crippen LogP contribution is -2.45.